The Morgan fingerprint density at radius 1 is 1.37 bits per heavy atom. The van der Waals surface area contributed by atoms with Crippen LogP contribution in [0.1, 0.15) is 37.7 Å². The number of aliphatic hydroxyl groups is 1. The molecule has 1 atom stereocenters. The molecule has 0 aliphatic heterocycles. The largest absolute Gasteiger partial charge is 0.489 e. The van der Waals surface area contributed by atoms with Crippen LogP contribution in [-0.2, 0) is 6.54 Å². The Balaban J connectivity index is 1.87. The highest BCUT2D eigenvalue weighted by atomic mass is 35.5. The number of aliphatic hydroxyl groups excluding tert-OH is 1. The Bertz CT molecular complexity index is 405. The summed E-state index contributed by atoms with van der Waals surface area (Å²) in [5, 5.41) is 10.6. The Labute approximate surface area is 119 Å². The zero-order valence-electron chi connectivity index (χ0n) is 11.1. The Morgan fingerprint density at radius 2 is 2.11 bits per heavy atom. The highest BCUT2D eigenvalue weighted by molar-refractivity contribution is 6.32. The molecular formula is C15H22ClNO2. The van der Waals surface area contributed by atoms with Crippen LogP contribution in [0.2, 0.25) is 5.02 Å². The van der Waals surface area contributed by atoms with E-state index in [1.807, 2.05) is 12.1 Å². The van der Waals surface area contributed by atoms with Crippen LogP contribution >= 0.6 is 11.6 Å². The van der Waals surface area contributed by atoms with Crippen LogP contribution in [0, 0.1) is 5.92 Å². The molecule has 1 aromatic rings. The minimum atomic E-state index is -0.426. The van der Waals surface area contributed by atoms with Crippen molar-refractivity contribution in [3.63, 3.8) is 0 Å². The molecule has 3 N–H and O–H groups in total. The minimum absolute atomic E-state index is 0.285. The van der Waals surface area contributed by atoms with Crippen LogP contribution in [-0.4, -0.2) is 17.8 Å². The number of para-hydroxylation sites is 1. The summed E-state index contributed by atoms with van der Waals surface area (Å²) in [6, 6.07) is 5.52. The number of nitrogens with two attached hydrogens (primary N) is 1. The first-order valence-electron chi connectivity index (χ1n) is 6.99. The molecule has 0 amide bonds. The van der Waals surface area contributed by atoms with Gasteiger partial charge in [0, 0.05) is 12.1 Å². The summed E-state index contributed by atoms with van der Waals surface area (Å²) in [6.07, 6.45) is 5.45. The van der Waals surface area contributed by atoms with Gasteiger partial charge in [0.25, 0.3) is 0 Å². The summed E-state index contributed by atoms with van der Waals surface area (Å²) in [5.41, 5.74) is 6.53. The normalized spacial score (nSPS) is 17.6. The van der Waals surface area contributed by atoms with Crippen molar-refractivity contribution >= 4 is 11.6 Å². The number of halogens is 1. The first-order chi connectivity index (χ1) is 9.20. The van der Waals surface area contributed by atoms with Crippen molar-refractivity contribution in [3.8, 4) is 5.75 Å². The zero-order valence-corrected chi connectivity index (χ0v) is 11.9. The van der Waals surface area contributed by atoms with E-state index in [1.165, 1.54) is 25.7 Å². The van der Waals surface area contributed by atoms with Gasteiger partial charge in [0.2, 0.25) is 0 Å². The van der Waals surface area contributed by atoms with Gasteiger partial charge in [-0.3, -0.25) is 0 Å². The molecule has 106 valence electrons. The van der Waals surface area contributed by atoms with Crippen LogP contribution in [0.3, 0.4) is 0 Å². The monoisotopic (exact) mass is 283 g/mol. The fourth-order valence-corrected chi connectivity index (χ4v) is 3.00. The van der Waals surface area contributed by atoms with Crippen molar-refractivity contribution in [1.29, 1.82) is 0 Å². The molecule has 1 aliphatic carbocycles. The molecule has 19 heavy (non-hydrogen) atoms. The lowest BCUT2D eigenvalue weighted by atomic mass is 10.0. The highest BCUT2D eigenvalue weighted by Crippen LogP contribution is 2.30. The first kappa shape index (κ1) is 14.6. The smallest absolute Gasteiger partial charge is 0.142 e. The molecule has 2 rings (SSSR count). The number of ether oxygens (including phenoxy) is 1. The zero-order chi connectivity index (χ0) is 13.7. The molecule has 0 bridgehead atoms. The average Bonchev–Trinajstić information content (AvgIpc) is 2.89. The second-order valence-corrected chi connectivity index (χ2v) is 5.69. The summed E-state index contributed by atoms with van der Waals surface area (Å²) in [4.78, 5) is 0. The van der Waals surface area contributed by atoms with Gasteiger partial charge in [-0.2, -0.15) is 0 Å². The van der Waals surface area contributed by atoms with Gasteiger partial charge in [-0.05, 0) is 18.4 Å². The molecule has 0 radical (unpaired) electrons. The van der Waals surface area contributed by atoms with Crippen LogP contribution < -0.4 is 10.5 Å². The lowest BCUT2D eigenvalue weighted by Gasteiger charge is -2.18. The number of hydrogen-bond donors (Lipinski definition) is 2. The Kier molecular flexibility index (Phi) is 5.49. The summed E-state index contributed by atoms with van der Waals surface area (Å²) in [7, 11) is 0. The van der Waals surface area contributed by atoms with Gasteiger partial charge >= 0.3 is 0 Å². The van der Waals surface area contributed by atoms with Crippen molar-refractivity contribution in [2.24, 2.45) is 11.7 Å². The summed E-state index contributed by atoms with van der Waals surface area (Å²) < 4.78 is 5.67. The number of rotatable bonds is 6. The maximum Gasteiger partial charge on any atom is 0.142 e. The van der Waals surface area contributed by atoms with E-state index < -0.39 is 6.10 Å². The van der Waals surface area contributed by atoms with E-state index in [1.54, 1.807) is 6.07 Å². The van der Waals surface area contributed by atoms with E-state index in [4.69, 9.17) is 22.1 Å². The Hall–Kier alpha value is -0.770. The molecule has 1 fully saturated rings. The van der Waals surface area contributed by atoms with Crippen LogP contribution in [0.25, 0.3) is 0 Å². The van der Waals surface area contributed by atoms with E-state index in [9.17, 15) is 5.11 Å². The molecule has 1 aromatic carbocycles. The van der Waals surface area contributed by atoms with Gasteiger partial charge in [-0.25, -0.2) is 0 Å². The summed E-state index contributed by atoms with van der Waals surface area (Å²) in [5.74, 6) is 1.26. The van der Waals surface area contributed by atoms with Crippen molar-refractivity contribution in [3.05, 3.63) is 28.8 Å². The van der Waals surface area contributed by atoms with E-state index >= 15 is 0 Å². The molecule has 1 saturated carbocycles. The maximum atomic E-state index is 10.0. The molecule has 0 spiro atoms. The van der Waals surface area contributed by atoms with E-state index in [0.717, 1.165) is 12.0 Å². The quantitative estimate of drug-likeness (QED) is 0.843. The SMILES string of the molecule is NCc1cccc(Cl)c1OCC(O)CC1CCCC1. The molecule has 1 aliphatic rings. The first-order valence-corrected chi connectivity index (χ1v) is 7.37. The topological polar surface area (TPSA) is 55.5 Å². The van der Waals surface area contributed by atoms with Crippen molar-refractivity contribution in [2.75, 3.05) is 6.61 Å². The minimum Gasteiger partial charge on any atom is -0.489 e. The van der Waals surface area contributed by atoms with Crippen molar-refractivity contribution < 1.29 is 9.84 Å². The second kappa shape index (κ2) is 7.13. The second-order valence-electron chi connectivity index (χ2n) is 5.28. The van der Waals surface area contributed by atoms with Crippen LogP contribution in [0.15, 0.2) is 18.2 Å². The summed E-state index contributed by atoms with van der Waals surface area (Å²) in [6.45, 7) is 0.668. The Morgan fingerprint density at radius 3 is 2.79 bits per heavy atom. The van der Waals surface area contributed by atoms with Gasteiger partial charge in [0.15, 0.2) is 0 Å². The number of benzene rings is 1. The fraction of sp³-hybridized carbons (Fsp3) is 0.600. The number of hydrogen-bond acceptors (Lipinski definition) is 3. The van der Waals surface area contributed by atoms with Gasteiger partial charge in [-0.1, -0.05) is 49.4 Å². The highest BCUT2D eigenvalue weighted by Gasteiger charge is 2.19. The molecule has 0 saturated heterocycles. The molecule has 4 heteroatoms. The van der Waals surface area contributed by atoms with Crippen molar-refractivity contribution in [2.45, 2.75) is 44.8 Å². The molecule has 1 unspecified atom stereocenters. The maximum absolute atomic E-state index is 10.0. The standard InChI is InChI=1S/C15H22ClNO2/c16-14-7-3-6-12(9-17)15(14)19-10-13(18)8-11-4-1-2-5-11/h3,6-7,11,13,18H,1-2,4-5,8-10,17H2. The third kappa shape index (κ3) is 4.10. The van der Waals surface area contributed by atoms with Crippen molar-refractivity contribution in [1.82, 2.24) is 0 Å². The van der Waals surface area contributed by atoms with E-state index in [2.05, 4.69) is 0 Å². The third-order valence-electron chi connectivity index (χ3n) is 3.77. The lowest BCUT2D eigenvalue weighted by molar-refractivity contribution is 0.0851. The summed E-state index contributed by atoms with van der Waals surface area (Å²) >= 11 is 6.10. The van der Waals surface area contributed by atoms with Gasteiger partial charge in [-0.15, -0.1) is 0 Å². The predicted molar refractivity (Wildman–Crippen MR) is 77.4 cm³/mol. The predicted octanol–water partition coefficient (Wildman–Crippen LogP) is 3.12. The molecular weight excluding hydrogens is 262 g/mol. The van der Waals surface area contributed by atoms with Gasteiger partial charge in [0.05, 0.1) is 11.1 Å². The van der Waals surface area contributed by atoms with E-state index in [-0.39, 0.29) is 6.61 Å². The average molecular weight is 284 g/mol. The fourth-order valence-electron chi connectivity index (χ4n) is 2.75. The molecule has 0 heterocycles. The lowest BCUT2D eigenvalue weighted by Crippen LogP contribution is -2.21. The molecule has 0 aromatic heterocycles. The molecule has 3 nitrogen and oxygen atoms in total. The van der Waals surface area contributed by atoms with Gasteiger partial charge < -0.3 is 15.6 Å². The third-order valence-corrected chi connectivity index (χ3v) is 4.07. The van der Waals surface area contributed by atoms with Crippen LogP contribution in [0.5, 0.6) is 5.75 Å². The van der Waals surface area contributed by atoms with Gasteiger partial charge in [0.1, 0.15) is 12.4 Å². The van der Waals surface area contributed by atoms with E-state index in [0.29, 0.717) is 23.2 Å². The van der Waals surface area contributed by atoms with Crippen LogP contribution in [0.4, 0.5) is 0 Å².